The van der Waals surface area contributed by atoms with Crippen molar-refractivity contribution >= 4 is 56.5 Å². The van der Waals surface area contributed by atoms with Gasteiger partial charge in [-0.25, -0.2) is 15.2 Å². The molecule has 1 saturated heterocycles. The summed E-state index contributed by atoms with van der Waals surface area (Å²) in [5.41, 5.74) is 0. The number of anilines is 1. The monoisotopic (exact) mass is 342 g/mol. The fourth-order valence-electron chi connectivity index (χ4n) is 2.85. The lowest BCUT2D eigenvalue weighted by atomic mass is 9.42. The van der Waals surface area contributed by atoms with Crippen molar-refractivity contribution in [2.45, 2.75) is 36.7 Å². The number of aromatic nitrogens is 2. The second kappa shape index (κ2) is 6.85. The van der Waals surface area contributed by atoms with Gasteiger partial charge in [0.05, 0.1) is 5.39 Å². The van der Waals surface area contributed by atoms with Crippen LogP contribution in [0.2, 0.25) is 12.6 Å². The van der Waals surface area contributed by atoms with Gasteiger partial charge in [0.25, 0.3) is 6.71 Å². The third-order valence-electron chi connectivity index (χ3n) is 4.15. The second-order valence-corrected chi connectivity index (χ2v) is 8.59. The van der Waals surface area contributed by atoms with E-state index < -0.39 is 0 Å². The SMILES string of the molecule is C=Cc1cc2c(NC3CCB(C#N)CC3)nc(S(=C)C)nc2s1. The Morgan fingerprint density at radius 2 is 2.22 bits per heavy atom. The van der Waals surface area contributed by atoms with Crippen molar-refractivity contribution in [1.29, 1.82) is 5.26 Å². The molecule has 1 N–H and O–H groups in total. The molecule has 1 atom stereocenters. The van der Waals surface area contributed by atoms with Gasteiger partial charge >= 0.3 is 0 Å². The first-order valence-electron chi connectivity index (χ1n) is 7.66. The molecule has 4 nitrogen and oxygen atoms in total. The van der Waals surface area contributed by atoms with Crippen LogP contribution in [0.4, 0.5) is 5.82 Å². The van der Waals surface area contributed by atoms with E-state index in [1.165, 1.54) is 0 Å². The van der Waals surface area contributed by atoms with Gasteiger partial charge in [-0.15, -0.1) is 21.8 Å². The van der Waals surface area contributed by atoms with Crippen molar-refractivity contribution in [2.75, 3.05) is 11.6 Å². The van der Waals surface area contributed by atoms with E-state index >= 15 is 0 Å². The summed E-state index contributed by atoms with van der Waals surface area (Å²) in [5.74, 6) is 7.36. The first-order valence-corrected chi connectivity index (χ1v) is 10.3. The molecule has 23 heavy (non-hydrogen) atoms. The average molecular weight is 342 g/mol. The molecule has 2 aromatic heterocycles. The lowest BCUT2D eigenvalue weighted by Gasteiger charge is -2.25. The van der Waals surface area contributed by atoms with Gasteiger partial charge in [-0.1, -0.05) is 31.2 Å². The van der Waals surface area contributed by atoms with Crippen molar-refractivity contribution < 1.29 is 0 Å². The zero-order valence-corrected chi connectivity index (χ0v) is 14.8. The summed E-state index contributed by atoms with van der Waals surface area (Å²) in [6.45, 7) is 4.06. The van der Waals surface area contributed by atoms with Crippen molar-refractivity contribution in [3.05, 3.63) is 17.5 Å². The van der Waals surface area contributed by atoms with E-state index in [4.69, 9.17) is 10.2 Å². The van der Waals surface area contributed by atoms with Gasteiger partial charge in [-0.2, -0.15) is 0 Å². The Kier molecular flexibility index (Phi) is 4.83. The molecular weight excluding hydrogens is 323 g/mol. The van der Waals surface area contributed by atoms with E-state index in [-0.39, 0.29) is 17.2 Å². The zero-order chi connectivity index (χ0) is 16.4. The van der Waals surface area contributed by atoms with Gasteiger partial charge < -0.3 is 5.32 Å². The number of hydrogen-bond acceptors (Lipinski definition) is 5. The van der Waals surface area contributed by atoms with Crippen LogP contribution in [0.1, 0.15) is 17.7 Å². The van der Waals surface area contributed by atoms with Crippen molar-refractivity contribution in [3.8, 4) is 5.97 Å². The van der Waals surface area contributed by atoms with Crippen molar-refractivity contribution in [1.82, 2.24) is 9.97 Å². The molecule has 0 spiro atoms. The first kappa shape index (κ1) is 16.2. The van der Waals surface area contributed by atoms with Gasteiger partial charge in [0.2, 0.25) is 0 Å². The third-order valence-corrected chi connectivity index (χ3v) is 5.99. The molecule has 7 heteroatoms. The molecule has 0 bridgehead atoms. The standard InChI is InChI=1S/C16H19BN4S2/c1-4-12-9-13-14(19-11-5-7-17(10-18)8-6-11)20-16(23(2)3)21-15(13)22-12/h4,9,11H,1-2,5-8H2,3H3,(H,19,20,21). The highest BCUT2D eigenvalue weighted by molar-refractivity contribution is 8.13. The molecule has 1 aliphatic heterocycles. The van der Waals surface area contributed by atoms with Gasteiger partial charge in [0, 0.05) is 16.9 Å². The summed E-state index contributed by atoms with van der Waals surface area (Å²) in [6.07, 6.45) is 7.84. The van der Waals surface area contributed by atoms with Crippen LogP contribution in [0.3, 0.4) is 0 Å². The van der Waals surface area contributed by atoms with E-state index in [0.29, 0.717) is 6.04 Å². The first-order chi connectivity index (χ1) is 11.1. The molecule has 2 aromatic rings. The Balaban J connectivity index is 1.92. The maximum atomic E-state index is 9.03. The Hall–Kier alpha value is -1.65. The maximum absolute atomic E-state index is 9.03. The van der Waals surface area contributed by atoms with Crippen LogP contribution in [0, 0.1) is 11.2 Å². The van der Waals surface area contributed by atoms with E-state index in [9.17, 15) is 0 Å². The molecule has 1 aliphatic rings. The average Bonchev–Trinajstić information content (AvgIpc) is 2.99. The smallest absolute Gasteiger partial charge is 0.268 e. The molecule has 3 rings (SSSR count). The summed E-state index contributed by atoms with van der Waals surface area (Å²) in [5, 5.41) is 14.5. The predicted octanol–water partition coefficient (Wildman–Crippen LogP) is 4.16. The van der Waals surface area contributed by atoms with E-state index in [0.717, 1.165) is 51.6 Å². The second-order valence-electron chi connectivity index (χ2n) is 5.89. The van der Waals surface area contributed by atoms with Crippen molar-refractivity contribution in [2.24, 2.45) is 0 Å². The van der Waals surface area contributed by atoms with Gasteiger partial charge in [0.1, 0.15) is 10.6 Å². The Morgan fingerprint density at radius 3 is 2.83 bits per heavy atom. The minimum Gasteiger partial charge on any atom is -0.367 e. The molecule has 1 fully saturated rings. The molecule has 3 heterocycles. The van der Waals surface area contributed by atoms with Gasteiger partial charge in [-0.05, 0) is 25.2 Å². The molecule has 0 radical (unpaired) electrons. The highest BCUT2D eigenvalue weighted by Crippen LogP contribution is 2.33. The summed E-state index contributed by atoms with van der Waals surface area (Å²) >= 11 is 1.63. The van der Waals surface area contributed by atoms with E-state index in [1.807, 2.05) is 12.3 Å². The van der Waals surface area contributed by atoms with Gasteiger partial charge in [-0.3, -0.25) is 0 Å². The molecule has 0 amide bonds. The van der Waals surface area contributed by atoms with Crippen LogP contribution >= 0.6 is 21.8 Å². The van der Waals surface area contributed by atoms with E-state index in [1.54, 1.807) is 11.3 Å². The predicted molar refractivity (Wildman–Crippen MR) is 104 cm³/mol. The number of rotatable bonds is 4. The van der Waals surface area contributed by atoms with Crippen LogP contribution in [0.25, 0.3) is 16.3 Å². The highest BCUT2D eigenvalue weighted by atomic mass is 32.2. The van der Waals surface area contributed by atoms with Crippen LogP contribution in [-0.4, -0.2) is 34.8 Å². The lowest BCUT2D eigenvalue weighted by Crippen LogP contribution is -2.29. The van der Waals surface area contributed by atoms with Crippen LogP contribution in [-0.2, 0) is 0 Å². The highest BCUT2D eigenvalue weighted by Gasteiger charge is 2.25. The van der Waals surface area contributed by atoms with Crippen molar-refractivity contribution in [3.63, 3.8) is 0 Å². The molecule has 0 aromatic carbocycles. The summed E-state index contributed by atoms with van der Waals surface area (Å²) in [4.78, 5) is 11.5. The maximum Gasteiger partial charge on any atom is 0.268 e. The summed E-state index contributed by atoms with van der Waals surface area (Å²) in [6, 6.07) is 2.47. The Labute approximate surface area is 143 Å². The number of hydrogen-bond donors (Lipinski definition) is 1. The minimum absolute atomic E-state index is 0.212. The lowest BCUT2D eigenvalue weighted by molar-refractivity contribution is 0.636. The Morgan fingerprint density at radius 1 is 1.48 bits per heavy atom. The normalized spacial score (nSPS) is 17.0. The largest absolute Gasteiger partial charge is 0.367 e. The van der Waals surface area contributed by atoms with Crippen LogP contribution < -0.4 is 5.32 Å². The number of nitrogens with one attached hydrogen (secondary N) is 1. The molecule has 118 valence electrons. The number of fused-ring (bicyclic) bond motifs is 1. The minimum atomic E-state index is -0.226. The summed E-state index contributed by atoms with van der Waals surface area (Å²) in [7, 11) is -0.226. The summed E-state index contributed by atoms with van der Waals surface area (Å²) < 4.78 is 0. The fraction of sp³-hybridized carbons (Fsp3) is 0.375. The fourth-order valence-corrected chi connectivity index (χ4v) is 4.28. The van der Waals surface area contributed by atoms with E-state index in [2.05, 4.69) is 34.8 Å². The molecule has 1 unspecified atom stereocenters. The number of nitrogens with zero attached hydrogens (tertiary/aromatic N) is 3. The quantitative estimate of drug-likeness (QED) is 0.515. The Bertz CT molecular complexity index is 800. The molecule has 0 saturated carbocycles. The molecular formula is C16H19BN4S2. The van der Waals surface area contributed by atoms with Gasteiger partial charge in [0.15, 0.2) is 5.16 Å². The topological polar surface area (TPSA) is 61.6 Å². The van der Waals surface area contributed by atoms with Crippen LogP contribution in [0.15, 0.2) is 17.8 Å². The molecule has 0 aliphatic carbocycles. The number of thiophene rings is 1. The van der Waals surface area contributed by atoms with Crippen LogP contribution in [0.5, 0.6) is 0 Å². The third kappa shape index (κ3) is 3.49. The number of nitriles is 1. The zero-order valence-electron chi connectivity index (χ0n) is 13.2.